The second-order valence-electron chi connectivity index (χ2n) is 2.56. The Hall–Kier alpha value is -1.14. The van der Waals surface area contributed by atoms with Crippen LogP contribution in [0.5, 0.6) is 0 Å². The Morgan fingerprint density at radius 3 is 2.50 bits per heavy atom. The second-order valence-corrected chi connectivity index (χ2v) is 2.56. The van der Waals surface area contributed by atoms with E-state index >= 15 is 0 Å². The van der Waals surface area contributed by atoms with Gasteiger partial charge in [0.15, 0.2) is 0 Å². The zero-order chi connectivity index (χ0) is 10.1. The number of rotatable bonds is 1. The molecule has 14 heavy (non-hydrogen) atoms. The van der Waals surface area contributed by atoms with Crippen LogP contribution in [0.3, 0.4) is 0 Å². The number of carbonyl (C=O) groups excluding carboxylic acids is 1. The quantitative estimate of drug-likeness (QED) is 0.414. The molecule has 0 radical (unpaired) electrons. The van der Waals surface area contributed by atoms with Gasteiger partial charge in [-0.05, 0) is 12.0 Å². The van der Waals surface area contributed by atoms with Crippen molar-refractivity contribution >= 4 is 18.3 Å². The van der Waals surface area contributed by atoms with Crippen LogP contribution < -0.4 is 5.32 Å². The number of halogens is 4. The normalized spacial score (nSPS) is 26.1. The first-order chi connectivity index (χ1) is 5.95. The summed E-state index contributed by atoms with van der Waals surface area (Å²) < 4.78 is 36.0. The maximum absolute atomic E-state index is 12.0. The zero-order valence-corrected chi connectivity index (χ0v) is 7.47. The molecule has 0 aromatic carbocycles. The first kappa shape index (κ1) is 12.9. The van der Waals surface area contributed by atoms with E-state index in [4.69, 9.17) is 5.53 Å². The lowest BCUT2D eigenvalue weighted by Crippen LogP contribution is -2.38. The van der Waals surface area contributed by atoms with Crippen LogP contribution in [0.15, 0.2) is 5.11 Å². The lowest BCUT2D eigenvalue weighted by molar-refractivity contribution is -0.154. The molecule has 0 bridgehead atoms. The van der Waals surface area contributed by atoms with E-state index in [2.05, 4.69) is 10.0 Å². The molecule has 2 unspecified atom stereocenters. The average molecular weight is 231 g/mol. The van der Waals surface area contributed by atoms with Gasteiger partial charge in [0.25, 0.3) is 0 Å². The molecule has 2 atom stereocenters. The number of alkyl halides is 3. The van der Waals surface area contributed by atoms with Crippen molar-refractivity contribution in [2.24, 2.45) is 5.11 Å². The van der Waals surface area contributed by atoms with E-state index in [9.17, 15) is 18.0 Å². The fourth-order valence-corrected chi connectivity index (χ4v) is 1.03. The van der Waals surface area contributed by atoms with Crippen LogP contribution in [0.25, 0.3) is 10.4 Å². The van der Waals surface area contributed by atoms with Gasteiger partial charge in [-0.3, -0.25) is 4.79 Å². The predicted molar refractivity (Wildman–Crippen MR) is 42.8 cm³/mol. The maximum Gasteiger partial charge on any atom is 0.408 e. The Morgan fingerprint density at radius 1 is 1.57 bits per heavy atom. The first-order valence-electron chi connectivity index (χ1n) is 3.36. The van der Waals surface area contributed by atoms with E-state index in [1.54, 1.807) is 5.32 Å². The molecule has 1 fully saturated rings. The summed E-state index contributed by atoms with van der Waals surface area (Å²) in [5.74, 6) is -0.875. The number of hydrogen-bond donors (Lipinski definition) is 1. The zero-order valence-electron chi connectivity index (χ0n) is 6.65. The molecule has 0 aromatic heterocycles. The Bertz CT molecular complexity index is 275. The third-order valence-corrected chi connectivity index (χ3v) is 1.66. The van der Waals surface area contributed by atoms with E-state index in [1.807, 2.05) is 0 Å². The molecule has 1 N–H and O–H groups in total. The highest BCUT2D eigenvalue weighted by atomic mass is 35.5. The van der Waals surface area contributed by atoms with Gasteiger partial charge in [0.05, 0.1) is 0 Å². The standard InChI is InChI=1S/C5H5F3N4O.ClH/c6-5(7,8)3-1-2(11-12-9)4(13)10-3;/h2-3H,1H2,(H,10,13);1H. The molecule has 0 aromatic rings. The van der Waals surface area contributed by atoms with Gasteiger partial charge in [0.2, 0.25) is 5.91 Å². The van der Waals surface area contributed by atoms with Crippen LogP contribution in [0.2, 0.25) is 0 Å². The topological polar surface area (TPSA) is 77.9 Å². The second kappa shape index (κ2) is 4.39. The minimum absolute atomic E-state index is 0. The van der Waals surface area contributed by atoms with Crippen molar-refractivity contribution in [1.82, 2.24) is 5.32 Å². The Kier molecular flexibility index (Phi) is 4.03. The summed E-state index contributed by atoms with van der Waals surface area (Å²) in [4.78, 5) is 13.0. The summed E-state index contributed by atoms with van der Waals surface area (Å²) in [6, 6.07) is -3.13. The highest BCUT2D eigenvalue weighted by Gasteiger charge is 2.47. The minimum atomic E-state index is -4.48. The van der Waals surface area contributed by atoms with E-state index in [0.29, 0.717) is 0 Å². The van der Waals surface area contributed by atoms with Gasteiger partial charge in [-0.15, -0.1) is 12.4 Å². The summed E-state index contributed by atoms with van der Waals surface area (Å²) in [7, 11) is 0. The first-order valence-corrected chi connectivity index (χ1v) is 3.36. The Labute approximate surface area is 82.7 Å². The Morgan fingerprint density at radius 2 is 2.14 bits per heavy atom. The molecule has 1 rings (SSSR count). The maximum atomic E-state index is 12.0. The van der Waals surface area contributed by atoms with Gasteiger partial charge in [0, 0.05) is 4.91 Å². The molecule has 1 heterocycles. The summed E-state index contributed by atoms with van der Waals surface area (Å²) in [6.45, 7) is 0. The minimum Gasteiger partial charge on any atom is -0.344 e. The molecule has 0 spiro atoms. The largest absolute Gasteiger partial charge is 0.408 e. The van der Waals surface area contributed by atoms with Crippen LogP contribution in [0.4, 0.5) is 13.2 Å². The summed E-state index contributed by atoms with van der Waals surface area (Å²) >= 11 is 0. The lowest BCUT2D eigenvalue weighted by atomic mass is 10.2. The van der Waals surface area contributed by atoms with Crippen LogP contribution in [0, 0.1) is 0 Å². The smallest absolute Gasteiger partial charge is 0.344 e. The van der Waals surface area contributed by atoms with Crippen molar-refractivity contribution < 1.29 is 18.0 Å². The summed E-state index contributed by atoms with van der Waals surface area (Å²) in [6.07, 6.45) is -5.00. The van der Waals surface area contributed by atoms with Gasteiger partial charge < -0.3 is 5.32 Å². The number of amides is 1. The van der Waals surface area contributed by atoms with E-state index in [1.165, 1.54) is 0 Å². The van der Waals surface area contributed by atoms with Crippen molar-refractivity contribution in [3.63, 3.8) is 0 Å². The number of carbonyl (C=O) groups is 1. The molecule has 0 saturated carbocycles. The average Bonchev–Trinajstić information content (AvgIpc) is 2.32. The molecule has 1 amide bonds. The molecule has 0 aliphatic carbocycles. The fourth-order valence-electron chi connectivity index (χ4n) is 1.03. The fraction of sp³-hybridized carbons (Fsp3) is 0.800. The van der Waals surface area contributed by atoms with Gasteiger partial charge in [-0.2, -0.15) is 13.2 Å². The molecule has 1 saturated heterocycles. The van der Waals surface area contributed by atoms with Crippen molar-refractivity contribution in [2.75, 3.05) is 0 Å². The van der Waals surface area contributed by atoms with Crippen LogP contribution in [-0.4, -0.2) is 24.2 Å². The molecule has 1 aliphatic heterocycles. The lowest BCUT2D eigenvalue weighted by Gasteiger charge is -2.13. The molecular formula is C5H6ClF3N4O. The van der Waals surface area contributed by atoms with Crippen molar-refractivity contribution in [1.29, 1.82) is 0 Å². The van der Waals surface area contributed by atoms with Crippen molar-refractivity contribution in [2.45, 2.75) is 24.7 Å². The van der Waals surface area contributed by atoms with E-state index in [-0.39, 0.29) is 12.4 Å². The summed E-state index contributed by atoms with van der Waals surface area (Å²) in [5, 5.41) is 4.64. The molecule has 9 heteroatoms. The number of hydrogen-bond acceptors (Lipinski definition) is 2. The van der Waals surface area contributed by atoms with E-state index in [0.717, 1.165) is 0 Å². The van der Waals surface area contributed by atoms with Crippen LogP contribution in [0.1, 0.15) is 6.42 Å². The molecular weight excluding hydrogens is 225 g/mol. The Balaban J connectivity index is 0.00000169. The van der Waals surface area contributed by atoms with Crippen molar-refractivity contribution in [3.05, 3.63) is 10.4 Å². The van der Waals surface area contributed by atoms with Gasteiger partial charge in [-0.25, -0.2) is 0 Å². The van der Waals surface area contributed by atoms with E-state index < -0.39 is 30.6 Å². The molecule has 1 aliphatic rings. The molecule has 5 nitrogen and oxygen atoms in total. The third kappa shape index (κ3) is 2.68. The number of azide groups is 1. The highest BCUT2D eigenvalue weighted by Crippen LogP contribution is 2.27. The monoisotopic (exact) mass is 230 g/mol. The predicted octanol–water partition coefficient (Wildman–Crippen LogP) is 1.54. The molecule has 80 valence electrons. The van der Waals surface area contributed by atoms with Crippen molar-refractivity contribution in [3.8, 4) is 0 Å². The SMILES string of the molecule is Cl.[N-]=[N+]=NC1CC(C(F)(F)F)NC1=O. The highest BCUT2D eigenvalue weighted by molar-refractivity contribution is 5.85. The summed E-state index contributed by atoms with van der Waals surface area (Å²) in [5.41, 5.74) is 7.93. The number of nitrogens with one attached hydrogen (secondary N) is 1. The number of nitrogens with zero attached hydrogens (tertiary/aromatic N) is 3. The third-order valence-electron chi connectivity index (χ3n) is 1.66. The van der Waals surface area contributed by atoms with Gasteiger partial charge in [0.1, 0.15) is 12.1 Å². The van der Waals surface area contributed by atoms with Gasteiger partial charge in [-0.1, -0.05) is 5.11 Å². The van der Waals surface area contributed by atoms with Gasteiger partial charge >= 0.3 is 6.18 Å². The van der Waals surface area contributed by atoms with Crippen LogP contribution >= 0.6 is 12.4 Å². The van der Waals surface area contributed by atoms with Crippen LogP contribution in [-0.2, 0) is 4.79 Å².